The average Bonchev–Trinajstić information content (AvgIpc) is 3.09. The van der Waals surface area contributed by atoms with Crippen molar-refractivity contribution in [2.24, 2.45) is 0 Å². The van der Waals surface area contributed by atoms with Crippen LogP contribution in [0.2, 0.25) is 0 Å². The maximum absolute atomic E-state index is 12.1. The van der Waals surface area contributed by atoms with Crippen molar-refractivity contribution in [2.45, 2.75) is 19.8 Å². The minimum Gasteiger partial charge on any atom is -0.289 e. The van der Waals surface area contributed by atoms with Gasteiger partial charge in [-0.05, 0) is 30.0 Å². The molecular weight excluding hydrogens is 272 g/mol. The molecule has 4 rings (SSSR count). The van der Waals surface area contributed by atoms with Crippen molar-refractivity contribution in [3.63, 3.8) is 0 Å². The van der Waals surface area contributed by atoms with Crippen LogP contribution >= 0.6 is 0 Å². The first-order chi connectivity index (χ1) is 10.8. The van der Waals surface area contributed by atoms with E-state index < -0.39 is 0 Å². The SMILES string of the molecule is CCc1ccn[nH]1.O=C1c2ccccc2Cc2ccccc21. The van der Waals surface area contributed by atoms with Gasteiger partial charge in [0.2, 0.25) is 0 Å². The summed E-state index contributed by atoms with van der Waals surface area (Å²) in [6, 6.07) is 17.7. The molecule has 2 aromatic carbocycles. The molecule has 110 valence electrons. The van der Waals surface area contributed by atoms with Crippen LogP contribution in [0.25, 0.3) is 0 Å². The van der Waals surface area contributed by atoms with E-state index in [1.807, 2.05) is 54.6 Å². The number of H-pyrrole nitrogens is 1. The summed E-state index contributed by atoms with van der Waals surface area (Å²) in [5.74, 6) is 0.160. The second kappa shape index (κ2) is 6.39. The molecule has 1 aliphatic rings. The van der Waals surface area contributed by atoms with E-state index in [1.165, 1.54) is 5.69 Å². The van der Waals surface area contributed by atoms with Crippen LogP contribution in [0.4, 0.5) is 0 Å². The molecule has 0 atom stereocenters. The highest BCUT2D eigenvalue weighted by molar-refractivity contribution is 6.12. The van der Waals surface area contributed by atoms with Gasteiger partial charge in [-0.2, -0.15) is 5.10 Å². The molecule has 3 nitrogen and oxygen atoms in total. The van der Waals surface area contributed by atoms with Crippen LogP contribution < -0.4 is 0 Å². The molecule has 0 radical (unpaired) electrons. The molecule has 0 aliphatic heterocycles. The maximum atomic E-state index is 12.1. The van der Waals surface area contributed by atoms with E-state index in [0.717, 1.165) is 35.1 Å². The number of carbonyl (C=O) groups is 1. The molecule has 0 bridgehead atoms. The first kappa shape index (κ1) is 14.3. The molecule has 1 aromatic heterocycles. The van der Waals surface area contributed by atoms with Crippen LogP contribution in [0.3, 0.4) is 0 Å². The molecule has 1 N–H and O–H groups in total. The zero-order valence-electron chi connectivity index (χ0n) is 12.5. The summed E-state index contributed by atoms with van der Waals surface area (Å²) in [6.45, 7) is 2.09. The van der Waals surface area contributed by atoms with Gasteiger partial charge in [0.05, 0.1) is 0 Å². The zero-order valence-corrected chi connectivity index (χ0v) is 12.5. The number of ketones is 1. The molecular formula is C19H18N2O. The van der Waals surface area contributed by atoms with Crippen molar-refractivity contribution in [3.05, 3.63) is 88.7 Å². The lowest BCUT2D eigenvalue weighted by Gasteiger charge is -2.17. The summed E-state index contributed by atoms with van der Waals surface area (Å²) in [5.41, 5.74) is 5.19. The van der Waals surface area contributed by atoms with Gasteiger partial charge in [-0.3, -0.25) is 9.89 Å². The molecule has 0 saturated carbocycles. The Labute approximate surface area is 130 Å². The summed E-state index contributed by atoms with van der Waals surface area (Å²) < 4.78 is 0. The van der Waals surface area contributed by atoms with Gasteiger partial charge in [-0.25, -0.2) is 0 Å². The Morgan fingerprint density at radius 2 is 1.55 bits per heavy atom. The van der Waals surface area contributed by atoms with E-state index in [2.05, 4.69) is 17.1 Å². The van der Waals surface area contributed by atoms with Crippen LogP contribution in [0.1, 0.15) is 39.7 Å². The summed E-state index contributed by atoms with van der Waals surface area (Å²) in [7, 11) is 0. The normalized spacial score (nSPS) is 12.0. The van der Waals surface area contributed by atoms with E-state index in [0.29, 0.717) is 0 Å². The topological polar surface area (TPSA) is 45.8 Å². The van der Waals surface area contributed by atoms with Crippen molar-refractivity contribution in [3.8, 4) is 0 Å². The molecule has 3 heteroatoms. The number of carbonyl (C=O) groups excluding carboxylic acids is 1. The highest BCUT2D eigenvalue weighted by Crippen LogP contribution is 2.26. The molecule has 1 heterocycles. The Morgan fingerprint density at radius 1 is 0.955 bits per heavy atom. The van der Waals surface area contributed by atoms with E-state index in [4.69, 9.17) is 0 Å². The fourth-order valence-corrected chi connectivity index (χ4v) is 2.62. The van der Waals surface area contributed by atoms with Crippen LogP contribution in [0.5, 0.6) is 0 Å². The quantitative estimate of drug-likeness (QED) is 0.579. The minimum atomic E-state index is 0.160. The molecule has 0 spiro atoms. The Kier molecular flexibility index (Phi) is 4.15. The smallest absolute Gasteiger partial charge is 0.193 e. The number of aromatic amines is 1. The van der Waals surface area contributed by atoms with Gasteiger partial charge in [0, 0.05) is 23.0 Å². The number of nitrogens with zero attached hydrogens (tertiary/aromatic N) is 1. The fraction of sp³-hybridized carbons (Fsp3) is 0.158. The second-order valence-electron chi connectivity index (χ2n) is 5.26. The van der Waals surface area contributed by atoms with E-state index in [1.54, 1.807) is 6.20 Å². The highest BCUT2D eigenvalue weighted by Gasteiger charge is 2.21. The van der Waals surface area contributed by atoms with E-state index in [9.17, 15) is 4.79 Å². The highest BCUT2D eigenvalue weighted by atomic mass is 16.1. The van der Waals surface area contributed by atoms with Crippen molar-refractivity contribution >= 4 is 5.78 Å². The molecule has 22 heavy (non-hydrogen) atoms. The number of aromatic nitrogens is 2. The van der Waals surface area contributed by atoms with Crippen LogP contribution in [-0.2, 0) is 12.8 Å². The molecule has 0 fully saturated rings. The Balaban J connectivity index is 0.000000174. The van der Waals surface area contributed by atoms with Crippen molar-refractivity contribution in [1.29, 1.82) is 0 Å². The molecule has 3 aromatic rings. The monoisotopic (exact) mass is 290 g/mol. The number of benzene rings is 2. The Bertz CT molecular complexity index is 728. The number of nitrogens with one attached hydrogen (secondary N) is 1. The number of aryl methyl sites for hydroxylation is 1. The lowest BCUT2D eigenvalue weighted by molar-refractivity contribution is 0.103. The summed E-state index contributed by atoms with van der Waals surface area (Å²) in [6.07, 6.45) is 3.68. The third-order valence-electron chi connectivity index (χ3n) is 3.84. The average molecular weight is 290 g/mol. The second-order valence-corrected chi connectivity index (χ2v) is 5.26. The third kappa shape index (κ3) is 2.84. The van der Waals surface area contributed by atoms with Crippen LogP contribution in [0.15, 0.2) is 60.8 Å². The number of fused-ring (bicyclic) bond motifs is 2. The summed E-state index contributed by atoms with van der Waals surface area (Å²) in [4.78, 5) is 12.1. The number of hydrogen-bond donors (Lipinski definition) is 1. The fourth-order valence-electron chi connectivity index (χ4n) is 2.62. The van der Waals surface area contributed by atoms with E-state index in [-0.39, 0.29) is 5.78 Å². The predicted molar refractivity (Wildman–Crippen MR) is 87.1 cm³/mol. The van der Waals surface area contributed by atoms with Gasteiger partial charge in [0.15, 0.2) is 5.78 Å². The Hall–Kier alpha value is -2.68. The zero-order chi connectivity index (χ0) is 15.4. The standard InChI is InChI=1S/C14H10O.C5H8N2/c15-14-12-7-3-1-5-10(12)9-11-6-2-4-8-13(11)14;1-2-5-3-4-6-7-5/h1-8H,9H2;3-4H,2H2,1H3,(H,6,7). The van der Waals surface area contributed by atoms with Crippen LogP contribution in [-0.4, -0.2) is 16.0 Å². The molecule has 0 unspecified atom stereocenters. The van der Waals surface area contributed by atoms with Gasteiger partial charge < -0.3 is 0 Å². The van der Waals surface area contributed by atoms with Crippen molar-refractivity contribution in [1.82, 2.24) is 10.2 Å². The lowest BCUT2D eigenvalue weighted by atomic mass is 9.85. The van der Waals surface area contributed by atoms with Gasteiger partial charge in [0.25, 0.3) is 0 Å². The number of hydrogen-bond acceptors (Lipinski definition) is 2. The van der Waals surface area contributed by atoms with Crippen LogP contribution in [0, 0.1) is 0 Å². The first-order valence-electron chi connectivity index (χ1n) is 7.48. The first-order valence-corrected chi connectivity index (χ1v) is 7.48. The Morgan fingerprint density at radius 3 is 2.00 bits per heavy atom. The summed E-state index contributed by atoms with van der Waals surface area (Å²) >= 11 is 0. The number of rotatable bonds is 1. The molecule has 0 amide bonds. The molecule has 0 saturated heterocycles. The van der Waals surface area contributed by atoms with Gasteiger partial charge in [-0.15, -0.1) is 0 Å². The van der Waals surface area contributed by atoms with Gasteiger partial charge >= 0.3 is 0 Å². The maximum Gasteiger partial charge on any atom is 0.193 e. The predicted octanol–water partition coefficient (Wildman–Crippen LogP) is 3.79. The van der Waals surface area contributed by atoms with Crippen molar-refractivity contribution < 1.29 is 4.79 Å². The summed E-state index contributed by atoms with van der Waals surface area (Å²) in [5, 5.41) is 6.60. The van der Waals surface area contributed by atoms with E-state index >= 15 is 0 Å². The third-order valence-corrected chi connectivity index (χ3v) is 3.84. The van der Waals surface area contributed by atoms with Gasteiger partial charge in [-0.1, -0.05) is 55.5 Å². The molecule has 1 aliphatic carbocycles. The lowest BCUT2D eigenvalue weighted by Crippen LogP contribution is -2.14. The van der Waals surface area contributed by atoms with Gasteiger partial charge in [0.1, 0.15) is 0 Å². The minimum absolute atomic E-state index is 0.160. The largest absolute Gasteiger partial charge is 0.289 e. The van der Waals surface area contributed by atoms with Crippen molar-refractivity contribution in [2.75, 3.05) is 0 Å².